The van der Waals surface area contributed by atoms with Crippen LogP contribution >= 0.6 is 0 Å². The number of hydrogen-bond acceptors (Lipinski definition) is 4. The van der Waals surface area contributed by atoms with E-state index in [0.29, 0.717) is 25.4 Å². The molecule has 2 aliphatic rings. The average Bonchev–Trinajstić information content (AvgIpc) is 2.89. The van der Waals surface area contributed by atoms with Crippen LogP contribution in [0, 0.1) is 5.82 Å². The first kappa shape index (κ1) is 14.8. The summed E-state index contributed by atoms with van der Waals surface area (Å²) >= 11 is 0. The van der Waals surface area contributed by atoms with E-state index in [1.807, 2.05) is 0 Å². The fourth-order valence-electron chi connectivity index (χ4n) is 3.00. The minimum atomic E-state index is -0.685. The molecule has 1 aromatic rings. The van der Waals surface area contributed by atoms with Gasteiger partial charge < -0.3 is 19.3 Å². The smallest absolute Gasteiger partial charge is 0.165 e. The maximum Gasteiger partial charge on any atom is 0.165 e. The number of aliphatic hydroxyl groups is 1. The molecule has 0 amide bonds. The van der Waals surface area contributed by atoms with E-state index in [1.54, 1.807) is 19.1 Å². The van der Waals surface area contributed by atoms with Gasteiger partial charge in [0.25, 0.3) is 0 Å². The Bertz CT molecular complexity index is 497. The first-order chi connectivity index (χ1) is 10.1. The van der Waals surface area contributed by atoms with Crippen molar-refractivity contribution in [3.05, 3.63) is 29.6 Å². The molecule has 21 heavy (non-hydrogen) atoms. The van der Waals surface area contributed by atoms with Crippen molar-refractivity contribution in [2.45, 2.75) is 44.0 Å². The second kappa shape index (κ2) is 5.91. The van der Waals surface area contributed by atoms with Crippen molar-refractivity contribution < 1.29 is 23.7 Å². The second-order valence-electron chi connectivity index (χ2n) is 5.93. The van der Waals surface area contributed by atoms with Gasteiger partial charge in [-0.25, -0.2) is 4.39 Å². The van der Waals surface area contributed by atoms with Gasteiger partial charge in [0.2, 0.25) is 0 Å². The van der Waals surface area contributed by atoms with Crippen LogP contribution in [0.4, 0.5) is 4.39 Å². The molecule has 0 radical (unpaired) electrons. The Labute approximate surface area is 123 Å². The van der Waals surface area contributed by atoms with Crippen LogP contribution in [0.15, 0.2) is 18.2 Å². The minimum Gasteiger partial charge on any atom is -0.487 e. The highest BCUT2D eigenvalue weighted by Crippen LogP contribution is 2.35. The summed E-state index contributed by atoms with van der Waals surface area (Å²) in [4.78, 5) is 0. The molecule has 0 aliphatic carbocycles. The number of benzene rings is 1. The highest BCUT2D eigenvalue weighted by molar-refractivity contribution is 5.30. The molecule has 0 aromatic heterocycles. The van der Waals surface area contributed by atoms with E-state index in [1.165, 1.54) is 6.07 Å². The van der Waals surface area contributed by atoms with Gasteiger partial charge in [0.15, 0.2) is 11.6 Å². The summed E-state index contributed by atoms with van der Waals surface area (Å²) in [5.41, 5.74) is 0.298. The van der Waals surface area contributed by atoms with Gasteiger partial charge in [-0.1, -0.05) is 6.07 Å². The largest absolute Gasteiger partial charge is 0.487 e. The van der Waals surface area contributed by atoms with Crippen molar-refractivity contribution in [3.8, 4) is 5.75 Å². The lowest BCUT2D eigenvalue weighted by Crippen LogP contribution is -2.44. The lowest BCUT2D eigenvalue weighted by atomic mass is 9.91. The molecule has 2 heterocycles. The number of rotatable bonds is 3. The van der Waals surface area contributed by atoms with Crippen molar-refractivity contribution in [2.24, 2.45) is 0 Å². The Morgan fingerprint density at radius 3 is 2.95 bits per heavy atom. The summed E-state index contributed by atoms with van der Waals surface area (Å²) in [5.74, 6) is -0.197. The molecule has 2 fully saturated rings. The molecule has 2 saturated heterocycles. The highest BCUT2D eigenvalue weighted by Gasteiger charge is 2.41. The molecule has 3 rings (SSSR count). The molecular weight excluding hydrogens is 275 g/mol. The molecular formula is C16H21FO4. The van der Waals surface area contributed by atoms with Gasteiger partial charge in [-0.05, 0) is 24.6 Å². The SMILES string of the molecule is C[C@H](O)c1ccc(OC2CCOC3(CCOC3)C2)c(F)c1. The van der Waals surface area contributed by atoms with Gasteiger partial charge >= 0.3 is 0 Å². The van der Waals surface area contributed by atoms with E-state index in [-0.39, 0.29) is 17.5 Å². The summed E-state index contributed by atoms with van der Waals surface area (Å²) < 4.78 is 31.1. The average molecular weight is 296 g/mol. The van der Waals surface area contributed by atoms with Crippen LogP contribution in [-0.2, 0) is 9.47 Å². The molecule has 116 valence electrons. The normalized spacial score (nSPS) is 30.5. The van der Waals surface area contributed by atoms with Crippen molar-refractivity contribution in [1.82, 2.24) is 0 Å². The Morgan fingerprint density at radius 2 is 2.29 bits per heavy atom. The standard InChI is InChI=1S/C16H21FO4/c1-11(18)12-2-3-15(14(17)8-12)21-13-4-6-20-16(9-13)5-7-19-10-16/h2-3,8,11,13,18H,4-7,9-10H2,1H3/t11-,13?,16?/m0/s1. The number of hydrogen-bond donors (Lipinski definition) is 1. The quantitative estimate of drug-likeness (QED) is 0.931. The van der Waals surface area contributed by atoms with E-state index >= 15 is 0 Å². The van der Waals surface area contributed by atoms with Gasteiger partial charge in [0.1, 0.15) is 6.10 Å². The van der Waals surface area contributed by atoms with Crippen molar-refractivity contribution in [1.29, 1.82) is 0 Å². The van der Waals surface area contributed by atoms with Crippen molar-refractivity contribution in [2.75, 3.05) is 19.8 Å². The Balaban J connectivity index is 1.68. The number of aliphatic hydroxyl groups excluding tert-OH is 1. The lowest BCUT2D eigenvalue weighted by Gasteiger charge is -2.37. The predicted molar refractivity (Wildman–Crippen MR) is 74.8 cm³/mol. The monoisotopic (exact) mass is 296 g/mol. The fraction of sp³-hybridized carbons (Fsp3) is 0.625. The summed E-state index contributed by atoms with van der Waals surface area (Å²) in [6.07, 6.45) is 1.60. The third-order valence-electron chi connectivity index (χ3n) is 4.25. The van der Waals surface area contributed by atoms with Crippen molar-refractivity contribution in [3.63, 3.8) is 0 Å². The summed E-state index contributed by atoms with van der Waals surface area (Å²) in [7, 11) is 0. The highest BCUT2D eigenvalue weighted by atomic mass is 19.1. The molecule has 0 bridgehead atoms. The molecule has 1 spiro atoms. The van der Waals surface area contributed by atoms with E-state index in [2.05, 4.69) is 0 Å². The fourth-order valence-corrected chi connectivity index (χ4v) is 3.00. The van der Waals surface area contributed by atoms with E-state index in [0.717, 1.165) is 19.3 Å². The Kier molecular flexibility index (Phi) is 4.15. The molecule has 2 unspecified atom stereocenters. The van der Waals surface area contributed by atoms with Crippen LogP contribution in [0.3, 0.4) is 0 Å². The Hall–Kier alpha value is -1.17. The summed E-state index contributed by atoms with van der Waals surface area (Å²) in [5, 5.41) is 9.46. The molecule has 4 nitrogen and oxygen atoms in total. The van der Waals surface area contributed by atoms with Crippen LogP contribution < -0.4 is 4.74 Å². The maximum atomic E-state index is 14.0. The lowest BCUT2D eigenvalue weighted by molar-refractivity contribution is -0.112. The van der Waals surface area contributed by atoms with Gasteiger partial charge in [0.05, 0.1) is 24.9 Å². The third kappa shape index (κ3) is 3.20. The van der Waals surface area contributed by atoms with Crippen LogP contribution in [0.2, 0.25) is 0 Å². The first-order valence-electron chi connectivity index (χ1n) is 7.44. The van der Waals surface area contributed by atoms with Crippen LogP contribution in [0.5, 0.6) is 5.75 Å². The van der Waals surface area contributed by atoms with Gasteiger partial charge in [-0.15, -0.1) is 0 Å². The van der Waals surface area contributed by atoms with Crippen LogP contribution in [0.25, 0.3) is 0 Å². The van der Waals surface area contributed by atoms with Gasteiger partial charge in [-0.2, -0.15) is 0 Å². The topological polar surface area (TPSA) is 47.9 Å². The van der Waals surface area contributed by atoms with Gasteiger partial charge in [-0.3, -0.25) is 0 Å². The molecule has 1 aromatic carbocycles. The maximum absolute atomic E-state index is 14.0. The Morgan fingerprint density at radius 1 is 1.43 bits per heavy atom. The van der Waals surface area contributed by atoms with E-state index in [9.17, 15) is 9.50 Å². The zero-order chi connectivity index (χ0) is 14.9. The van der Waals surface area contributed by atoms with Crippen LogP contribution in [-0.4, -0.2) is 36.6 Å². The van der Waals surface area contributed by atoms with E-state index in [4.69, 9.17) is 14.2 Å². The first-order valence-corrected chi connectivity index (χ1v) is 7.44. The summed E-state index contributed by atoms with van der Waals surface area (Å²) in [6, 6.07) is 4.61. The minimum absolute atomic E-state index is 0.0626. The summed E-state index contributed by atoms with van der Waals surface area (Å²) in [6.45, 7) is 3.53. The molecule has 2 aliphatic heterocycles. The third-order valence-corrected chi connectivity index (χ3v) is 4.25. The number of ether oxygens (including phenoxy) is 3. The number of halogens is 1. The zero-order valence-electron chi connectivity index (χ0n) is 12.2. The molecule has 1 N–H and O–H groups in total. The predicted octanol–water partition coefficient (Wildman–Crippen LogP) is 2.60. The van der Waals surface area contributed by atoms with Crippen LogP contribution in [0.1, 0.15) is 37.9 Å². The van der Waals surface area contributed by atoms with Gasteiger partial charge in [0, 0.05) is 25.9 Å². The molecule has 0 saturated carbocycles. The molecule has 5 heteroatoms. The molecule has 3 atom stereocenters. The second-order valence-corrected chi connectivity index (χ2v) is 5.93. The zero-order valence-corrected chi connectivity index (χ0v) is 12.2. The van der Waals surface area contributed by atoms with Crippen molar-refractivity contribution >= 4 is 0 Å². The van der Waals surface area contributed by atoms with E-state index < -0.39 is 11.9 Å².